The number of benzene rings is 3. The molecule has 8 nitrogen and oxygen atoms in total. The number of nitro benzene ring substituents is 1. The molecule has 4 rings (SSSR count). The van der Waals surface area contributed by atoms with Crippen LogP contribution in [0, 0.1) is 24.0 Å². The van der Waals surface area contributed by atoms with Crippen LogP contribution in [0.2, 0.25) is 0 Å². The summed E-state index contributed by atoms with van der Waals surface area (Å²) in [5.74, 6) is 0.957. The first-order valence-electron chi connectivity index (χ1n) is 11.7. The van der Waals surface area contributed by atoms with Crippen molar-refractivity contribution in [3.8, 4) is 11.5 Å². The molecule has 0 radical (unpaired) electrons. The van der Waals surface area contributed by atoms with Crippen LogP contribution < -0.4 is 9.47 Å². The van der Waals surface area contributed by atoms with Crippen molar-refractivity contribution >= 4 is 40.3 Å². The molecule has 0 spiro atoms. The Morgan fingerprint density at radius 1 is 1.05 bits per heavy atom. The van der Waals surface area contributed by atoms with Crippen molar-refractivity contribution in [1.82, 2.24) is 4.90 Å². The fourth-order valence-electron chi connectivity index (χ4n) is 3.73. The minimum atomic E-state index is -0.438. The molecule has 1 fully saturated rings. The Hall–Kier alpha value is -4.11. The first-order valence-corrected chi connectivity index (χ1v) is 12.5. The van der Waals surface area contributed by atoms with E-state index in [2.05, 4.69) is 0 Å². The fraction of sp³-hybridized carbons (Fsp3) is 0.214. The van der Waals surface area contributed by atoms with Gasteiger partial charge in [-0.25, -0.2) is 4.99 Å². The van der Waals surface area contributed by atoms with Crippen molar-refractivity contribution in [2.75, 3.05) is 13.7 Å². The van der Waals surface area contributed by atoms with Gasteiger partial charge in [0.25, 0.3) is 11.6 Å². The number of rotatable bonds is 8. The Bertz CT molecular complexity index is 1400. The van der Waals surface area contributed by atoms with Crippen molar-refractivity contribution < 1.29 is 19.2 Å². The Balaban J connectivity index is 1.53. The van der Waals surface area contributed by atoms with Gasteiger partial charge in [-0.15, -0.1) is 0 Å². The first-order chi connectivity index (χ1) is 17.8. The Kier molecular flexibility index (Phi) is 7.93. The summed E-state index contributed by atoms with van der Waals surface area (Å²) in [6, 6.07) is 17.7. The molecule has 1 aliphatic heterocycles. The zero-order valence-corrected chi connectivity index (χ0v) is 21.9. The average Bonchev–Trinajstić information content (AvgIpc) is 3.18. The highest BCUT2D eigenvalue weighted by Crippen LogP contribution is 2.36. The van der Waals surface area contributed by atoms with E-state index in [0.29, 0.717) is 28.1 Å². The number of hydrogen-bond donors (Lipinski definition) is 0. The van der Waals surface area contributed by atoms with Crippen LogP contribution in [0.5, 0.6) is 11.5 Å². The molecular weight excluding hydrogens is 490 g/mol. The molecule has 0 N–H and O–H groups in total. The monoisotopic (exact) mass is 517 g/mol. The Labute approximate surface area is 219 Å². The number of likely N-dealkylation sites (N-methyl/N-ethyl adjacent to an activating group) is 1. The molecule has 0 atom stereocenters. The number of amides is 1. The van der Waals surface area contributed by atoms with Crippen LogP contribution in [0.25, 0.3) is 6.08 Å². The van der Waals surface area contributed by atoms with Crippen molar-refractivity contribution in [2.24, 2.45) is 4.99 Å². The summed E-state index contributed by atoms with van der Waals surface area (Å²) < 4.78 is 11.4. The summed E-state index contributed by atoms with van der Waals surface area (Å²) in [6.45, 7) is 6.70. The molecule has 1 amide bonds. The smallest absolute Gasteiger partial charge is 0.269 e. The van der Waals surface area contributed by atoms with Crippen LogP contribution in [0.15, 0.2) is 70.6 Å². The van der Waals surface area contributed by atoms with Gasteiger partial charge in [-0.05, 0) is 91.2 Å². The highest BCUT2D eigenvalue weighted by atomic mass is 32.2. The number of hydrogen-bond acceptors (Lipinski definition) is 7. The van der Waals surface area contributed by atoms with Gasteiger partial charge in [0.05, 0.1) is 22.6 Å². The zero-order valence-electron chi connectivity index (χ0n) is 21.1. The minimum absolute atomic E-state index is 0.0295. The van der Waals surface area contributed by atoms with Crippen LogP contribution in [-0.2, 0) is 11.4 Å². The third-order valence-corrected chi connectivity index (χ3v) is 6.82. The maximum atomic E-state index is 13.1. The van der Waals surface area contributed by atoms with Gasteiger partial charge in [0, 0.05) is 18.7 Å². The lowest BCUT2D eigenvalue weighted by Gasteiger charge is -2.13. The summed E-state index contributed by atoms with van der Waals surface area (Å²) in [7, 11) is 1.55. The number of nitro groups is 1. The lowest BCUT2D eigenvalue weighted by molar-refractivity contribution is -0.384. The summed E-state index contributed by atoms with van der Waals surface area (Å²) >= 11 is 1.35. The van der Waals surface area contributed by atoms with Crippen molar-refractivity contribution in [3.63, 3.8) is 0 Å². The van der Waals surface area contributed by atoms with E-state index in [0.717, 1.165) is 27.9 Å². The molecule has 3 aromatic rings. The standard InChI is InChI=1S/C28H27N3O5S/c1-5-30-27(32)26(37-28(30)29-23-14-18(2)6-7-19(23)3)16-21-10-13-24(25(15-21)35-4)36-17-20-8-11-22(12-9-20)31(33)34/h6-16H,5,17H2,1-4H3/b26-16+,29-28?. The normalized spacial score (nSPS) is 15.5. The number of nitrogens with zero attached hydrogens (tertiary/aromatic N) is 3. The van der Waals surface area contributed by atoms with E-state index in [4.69, 9.17) is 14.5 Å². The van der Waals surface area contributed by atoms with Crippen LogP contribution in [0.3, 0.4) is 0 Å². The number of carbonyl (C=O) groups is 1. The number of methoxy groups -OCH3 is 1. The average molecular weight is 518 g/mol. The molecule has 9 heteroatoms. The quantitative estimate of drug-likeness (QED) is 0.194. The summed E-state index contributed by atoms with van der Waals surface area (Å²) in [5.41, 5.74) is 4.63. The van der Waals surface area contributed by atoms with Gasteiger partial charge in [-0.1, -0.05) is 18.2 Å². The molecule has 190 valence electrons. The van der Waals surface area contributed by atoms with Crippen molar-refractivity contribution in [3.05, 3.63) is 97.9 Å². The molecule has 1 heterocycles. The summed E-state index contributed by atoms with van der Waals surface area (Å²) in [6.07, 6.45) is 1.82. The predicted octanol–water partition coefficient (Wildman–Crippen LogP) is 6.42. The number of aliphatic imine (C=N–C) groups is 1. The Morgan fingerprint density at radius 2 is 1.81 bits per heavy atom. The van der Waals surface area contributed by atoms with Crippen LogP contribution in [0.1, 0.15) is 29.2 Å². The van der Waals surface area contributed by atoms with Crippen molar-refractivity contribution in [1.29, 1.82) is 0 Å². The number of aryl methyl sites for hydroxylation is 2. The zero-order chi connectivity index (χ0) is 26.5. The second kappa shape index (κ2) is 11.3. The molecule has 0 unspecified atom stereocenters. The van der Waals surface area contributed by atoms with E-state index in [-0.39, 0.29) is 18.2 Å². The summed E-state index contributed by atoms with van der Waals surface area (Å²) in [5, 5.41) is 11.5. The van der Waals surface area contributed by atoms with Gasteiger partial charge in [-0.2, -0.15) is 0 Å². The van der Waals surface area contributed by atoms with Gasteiger partial charge in [-0.3, -0.25) is 19.8 Å². The van der Waals surface area contributed by atoms with Gasteiger partial charge >= 0.3 is 0 Å². The lowest BCUT2D eigenvalue weighted by atomic mass is 10.1. The largest absolute Gasteiger partial charge is 0.493 e. The number of non-ortho nitro benzene ring substituents is 1. The molecule has 0 aromatic heterocycles. The van der Waals surface area contributed by atoms with Crippen LogP contribution in [-0.4, -0.2) is 34.6 Å². The maximum absolute atomic E-state index is 13.1. The highest BCUT2D eigenvalue weighted by Gasteiger charge is 2.32. The molecule has 3 aromatic carbocycles. The van der Waals surface area contributed by atoms with E-state index in [1.165, 1.54) is 23.9 Å². The molecule has 0 saturated carbocycles. The fourth-order valence-corrected chi connectivity index (χ4v) is 4.79. The van der Waals surface area contributed by atoms with E-state index in [1.54, 1.807) is 30.2 Å². The highest BCUT2D eigenvalue weighted by molar-refractivity contribution is 8.18. The number of thioether (sulfide) groups is 1. The third-order valence-electron chi connectivity index (χ3n) is 5.81. The SMILES string of the molecule is CCN1C(=O)/C(=C\c2ccc(OCc3ccc([N+](=O)[O-])cc3)c(OC)c2)SC1=Nc1cc(C)ccc1C. The molecule has 37 heavy (non-hydrogen) atoms. The maximum Gasteiger partial charge on any atom is 0.269 e. The van der Waals surface area contributed by atoms with E-state index >= 15 is 0 Å². The van der Waals surface area contributed by atoms with Crippen LogP contribution >= 0.6 is 11.8 Å². The van der Waals surface area contributed by atoms with E-state index in [9.17, 15) is 14.9 Å². The van der Waals surface area contributed by atoms with Gasteiger partial charge in [0.1, 0.15) is 6.61 Å². The molecular formula is C28H27N3O5S. The van der Waals surface area contributed by atoms with E-state index < -0.39 is 4.92 Å². The number of carbonyl (C=O) groups excluding carboxylic acids is 1. The molecule has 0 bridgehead atoms. The molecule has 1 aliphatic rings. The second-order valence-corrected chi connectivity index (χ2v) is 9.48. The molecule has 0 aliphatic carbocycles. The number of amidine groups is 1. The molecule has 1 saturated heterocycles. The van der Waals surface area contributed by atoms with Gasteiger partial charge in [0.15, 0.2) is 16.7 Å². The second-order valence-electron chi connectivity index (χ2n) is 8.47. The predicted molar refractivity (Wildman–Crippen MR) is 146 cm³/mol. The van der Waals surface area contributed by atoms with Crippen LogP contribution in [0.4, 0.5) is 11.4 Å². The third kappa shape index (κ3) is 6.00. The first kappa shape index (κ1) is 26.0. The Morgan fingerprint density at radius 3 is 2.49 bits per heavy atom. The topological polar surface area (TPSA) is 94.3 Å². The van der Waals surface area contributed by atoms with Gasteiger partial charge in [0.2, 0.25) is 0 Å². The van der Waals surface area contributed by atoms with Crippen molar-refractivity contribution in [2.45, 2.75) is 27.4 Å². The number of ether oxygens (including phenoxy) is 2. The summed E-state index contributed by atoms with van der Waals surface area (Å²) in [4.78, 5) is 30.5. The lowest BCUT2D eigenvalue weighted by Crippen LogP contribution is -2.28. The van der Waals surface area contributed by atoms with Gasteiger partial charge < -0.3 is 9.47 Å². The minimum Gasteiger partial charge on any atom is -0.493 e. The van der Waals surface area contributed by atoms with E-state index in [1.807, 2.05) is 57.2 Å².